The van der Waals surface area contributed by atoms with Gasteiger partial charge in [0, 0.05) is 25.7 Å². The van der Waals surface area contributed by atoms with Crippen LogP contribution in [0.5, 0.6) is 0 Å². The number of carbonyl (C=O) groups excluding carboxylic acids is 1. The molecule has 16 heavy (non-hydrogen) atoms. The highest BCUT2D eigenvalue weighted by Crippen LogP contribution is 2.19. The third-order valence-electron chi connectivity index (χ3n) is 3.11. The van der Waals surface area contributed by atoms with E-state index in [2.05, 4.69) is 21.9 Å². The summed E-state index contributed by atoms with van der Waals surface area (Å²) in [6, 6.07) is 0.137. The molecule has 0 bridgehead atoms. The molecule has 2 unspecified atom stereocenters. The summed E-state index contributed by atoms with van der Waals surface area (Å²) >= 11 is 0. The Kier molecular flexibility index (Phi) is 5.55. The topological polar surface area (TPSA) is 61.8 Å². The lowest BCUT2D eigenvalue weighted by atomic mass is 9.92. The van der Waals surface area contributed by atoms with Gasteiger partial charge in [-0.1, -0.05) is 13.3 Å². The summed E-state index contributed by atoms with van der Waals surface area (Å²) in [6.45, 7) is 4.81. The highest BCUT2D eigenvalue weighted by atomic mass is 16.5. The van der Waals surface area contributed by atoms with Crippen LogP contribution < -0.4 is 5.32 Å². The van der Waals surface area contributed by atoms with Crippen LogP contribution in [0.15, 0.2) is 0 Å². The molecule has 0 spiro atoms. The molecule has 0 aromatic heterocycles. The van der Waals surface area contributed by atoms with Gasteiger partial charge in [0.1, 0.15) is 0 Å². The molecule has 0 radical (unpaired) electrons. The van der Waals surface area contributed by atoms with E-state index in [-0.39, 0.29) is 18.7 Å². The lowest BCUT2D eigenvalue weighted by Gasteiger charge is -2.37. The van der Waals surface area contributed by atoms with E-state index >= 15 is 0 Å². The Labute approximate surface area is 96.8 Å². The van der Waals surface area contributed by atoms with Crippen LogP contribution in [0.1, 0.15) is 19.8 Å². The highest BCUT2D eigenvalue weighted by molar-refractivity contribution is 5.67. The fourth-order valence-electron chi connectivity index (χ4n) is 2.25. The molecule has 0 aliphatic carbocycles. The van der Waals surface area contributed by atoms with Crippen molar-refractivity contribution in [3.8, 4) is 0 Å². The number of nitrogens with one attached hydrogen (secondary N) is 1. The van der Waals surface area contributed by atoms with E-state index in [1.807, 2.05) is 0 Å². The van der Waals surface area contributed by atoms with Crippen molar-refractivity contribution in [2.75, 3.05) is 33.4 Å². The summed E-state index contributed by atoms with van der Waals surface area (Å²) in [4.78, 5) is 13.3. The number of rotatable bonds is 4. The minimum Gasteiger partial charge on any atom is -0.453 e. The quantitative estimate of drug-likeness (QED) is 0.735. The molecular formula is C11H22N2O3. The molecule has 0 saturated carbocycles. The summed E-state index contributed by atoms with van der Waals surface area (Å²) in [5.41, 5.74) is 0. The zero-order chi connectivity index (χ0) is 12.0. The van der Waals surface area contributed by atoms with Gasteiger partial charge >= 0.3 is 6.09 Å². The van der Waals surface area contributed by atoms with E-state index in [4.69, 9.17) is 5.11 Å². The van der Waals surface area contributed by atoms with Crippen molar-refractivity contribution in [1.29, 1.82) is 0 Å². The molecule has 1 saturated heterocycles. The number of alkyl carbamates (subject to hydrolysis) is 1. The first-order chi connectivity index (χ1) is 7.69. The predicted octanol–water partition coefficient (Wildman–Crippen LogP) is 0.435. The smallest absolute Gasteiger partial charge is 0.407 e. The molecule has 94 valence electrons. The lowest BCUT2D eigenvalue weighted by molar-refractivity contribution is 0.107. The van der Waals surface area contributed by atoms with Gasteiger partial charge in [0.05, 0.1) is 13.7 Å². The number of piperidine rings is 1. The number of ether oxygens (including phenoxy) is 1. The summed E-state index contributed by atoms with van der Waals surface area (Å²) < 4.78 is 4.60. The Morgan fingerprint density at radius 3 is 2.88 bits per heavy atom. The number of amides is 1. The second-order valence-corrected chi connectivity index (χ2v) is 4.33. The standard InChI is InChI=1S/C11H22N2O3/c1-3-9-6-10(12-11(15)16-2)8-13(7-9)4-5-14/h9-10,14H,3-8H2,1-2H3,(H,12,15). The number of likely N-dealkylation sites (tertiary alicyclic amines) is 1. The molecule has 2 N–H and O–H groups in total. The lowest BCUT2D eigenvalue weighted by Crippen LogP contribution is -2.51. The van der Waals surface area contributed by atoms with Crippen molar-refractivity contribution in [2.24, 2.45) is 5.92 Å². The molecule has 1 fully saturated rings. The van der Waals surface area contributed by atoms with Crippen molar-refractivity contribution >= 4 is 6.09 Å². The second kappa shape index (κ2) is 6.70. The van der Waals surface area contributed by atoms with Gasteiger partial charge in [-0.3, -0.25) is 4.90 Å². The zero-order valence-corrected chi connectivity index (χ0v) is 10.1. The summed E-state index contributed by atoms with van der Waals surface area (Å²) in [7, 11) is 1.38. The molecule has 1 aliphatic rings. The van der Waals surface area contributed by atoms with Crippen molar-refractivity contribution in [3.63, 3.8) is 0 Å². The maximum absolute atomic E-state index is 11.1. The largest absolute Gasteiger partial charge is 0.453 e. The normalized spacial score (nSPS) is 26.4. The first kappa shape index (κ1) is 13.3. The van der Waals surface area contributed by atoms with E-state index in [0.717, 1.165) is 25.9 Å². The second-order valence-electron chi connectivity index (χ2n) is 4.33. The van der Waals surface area contributed by atoms with Crippen LogP contribution in [0.2, 0.25) is 0 Å². The number of aliphatic hydroxyl groups is 1. The number of hydrogen-bond acceptors (Lipinski definition) is 4. The maximum atomic E-state index is 11.1. The number of β-amino-alcohol motifs (C(OH)–C–C–N with tert-alkyl or cyclic N) is 1. The third-order valence-corrected chi connectivity index (χ3v) is 3.11. The molecule has 0 aromatic carbocycles. The molecule has 5 nitrogen and oxygen atoms in total. The molecule has 1 amide bonds. The van der Waals surface area contributed by atoms with Crippen LogP contribution in [-0.2, 0) is 4.74 Å². The van der Waals surface area contributed by atoms with Crippen molar-refractivity contribution in [3.05, 3.63) is 0 Å². The van der Waals surface area contributed by atoms with Crippen molar-refractivity contribution < 1.29 is 14.6 Å². The van der Waals surface area contributed by atoms with E-state index in [1.54, 1.807) is 0 Å². The Balaban J connectivity index is 2.46. The van der Waals surface area contributed by atoms with Crippen LogP contribution in [0.3, 0.4) is 0 Å². The first-order valence-corrected chi connectivity index (χ1v) is 5.87. The number of aliphatic hydroxyl groups excluding tert-OH is 1. The summed E-state index contributed by atoms with van der Waals surface area (Å²) in [6.07, 6.45) is 1.72. The maximum Gasteiger partial charge on any atom is 0.407 e. The Morgan fingerprint density at radius 2 is 2.31 bits per heavy atom. The number of nitrogens with zero attached hydrogens (tertiary/aromatic N) is 1. The SMILES string of the molecule is CCC1CC(NC(=O)OC)CN(CCO)C1. The molecule has 0 aromatic rings. The molecule has 1 aliphatic heterocycles. The van der Waals surface area contributed by atoms with Gasteiger partial charge < -0.3 is 15.2 Å². The number of carbonyl (C=O) groups is 1. The molecule has 1 rings (SSSR count). The van der Waals surface area contributed by atoms with Gasteiger partial charge in [-0.15, -0.1) is 0 Å². The minimum atomic E-state index is -0.370. The Hall–Kier alpha value is -0.810. The van der Waals surface area contributed by atoms with Crippen molar-refractivity contribution in [2.45, 2.75) is 25.8 Å². The van der Waals surface area contributed by atoms with Gasteiger partial charge in [-0.25, -0.2) is 4.79 Å². The van der Waals surface area contributed by atoms with E-state index in [9.17, 15) is 4.79 Å². The first-order valence-electron chi connectivity index (χ1n) is 5.87. The van der Waals surface area contributed by atoms with Crippen LogP contribution in [0.4, 0.5) is 4.79 Å². The zero-order valence-electron chi connectivity index (χ0n) is 10.1. The van der Waals surface area contributed by atoms with Crippen molar-refractivity contribution in [1.82, 2.24) is 10.2 Å². The molecule has 5 heteroatoms. The number of hydrogen-bond donors (Lipinski definition) is 2. The van der Waals surface area contributed by atoms with Crippen LogP contribution in [0.25, 0.3) is 0 Å². The van der Waals surface area contributed by atoms with Gasteiger partial charge in [0.25, 0.3) is 0 Å². The van der Waals surface area contributed by atoms with E-state index in [1.165, 1.54) is 7.11 Å². The van der Waals surface area contributed by atoms with Crippen LogP contribution >= 0.6 is 0 Å². The van der Waals surface area contributed by atoms with E-state index < -0.39 is 0 Å². The van der Waals surface area contributed by atoms with Crippen LogP contribution in [-0.4, -0.2) is 55.5 Å². The fraction of sp³-hybridized carbons (Fsp3) is 0.909. The average molecular weight is 230 g/mol. The fourth-order valence-corrected chi connectivity index (χ4v) is 2.25. The van der Waals surface area contributed by atoms with E-state index in [0.29, 0.717) is 12.5 Å². The van der Waals surface area contributed by atoms with Gasteiger partial charge in [-0.2, -0.15) is 0 Å². The van der Waals surface area contributed by atoms with Gasteiger partial charge in [-0.05, 0) is 12.3 Å². The summed E-state index contributed by atoms with van der Waals surface area (Å²) in [5, 5.41) is 11.8. The minimum absolute atomic E-state index is 0.137. The monoisotopic (exact) mass is 230 g/mol. The Morgan fingerprint density at radius 1 is 1.56 bits per heavy atom. The van der Waals surface area contributed by atoms with Gasteiger partial charge in [0.15, 0.2) is 0 Å². The highest BCUT2D eigenvalue weighted by Gasteiger charge is 2.26. The Bertz CT molecular complexity index is 223. The molecule has 1 heterocycles. The average Bonchev–Trinajstić information content (AvgIpc) is 2.29. The van der Waals surface area contributed by atoms with Gasteiger partial charge in [0.2, 0.25) is 0 Å². The number of methoxy groups -OCH3 is 1. The summed E-state index contributed by atoms with van der Waals surface area (Å²) in [5.74, 6) is 0.586. The molecule has 2 atom stereocenters. The molecular weight excluding hydrogens is 208 g/mol. The third kappa shape index (κ3) is 3.98. The predicted molar refractivity (Wildman–Crippen MR) is 61.3 cm³/mol. The van der Waals surface area contributed by atoms with Crippen LogP contribution in [0, 0.1) is 5.92 Å².